The molecule has 5 aromatic rings. The normalized spacial score (nSPS) is 22.9. The van der Waals surface area contributed by atoms with Crippen LogP contribution in [0.4, 0.5) is 5.69 Å². The predicted molar refractivity (Wildman–Crippen MR) is 179 cm³/mol. The number of para-hydroxylation sites is 1. The zero-order chi connectivity index (χ0) is 33.3. The van der Waals surface area contributed by atoms with Crippen molar-refractivity contribution >= 4 is 29.1 Å². The summed E-state index contributed by atoms with van der Waals surface area (Å²) in [5, 5.41) is 12.0. The molecule has 2 aliphatic heterocycles. The minimum Gasteiger partial charge on any atom is -0.508 e. The maximum Gasteiger partial charge on any atom is 0.352 e. The molecular formula is C37H29ClN4O6. The van der Waals surface area contributed by atoms with Crippen molar-refractivity contribution in [3.63, 3.8) is 0 Å². The van der Waals surface area contributed by atoms with Crippen molar-refractivity contribution in [2.75, 3.05) is 12.0 Å². The predicted octanol–water partition coefficient (Wildman–Crippen LogP) is 4.96. The number of amides is 2. The first-order valence-corrected chi connectivity index (χ1v) is 15.9. The summed E-state index contributed by atoms with van der Waals surface area (Å²) in [7, 11) is 1.47. The number of aromatic hydroxyl groups is 1. The molecule has 2 amide bonds. The second-order valence-corrected chi connectivity index (χ2v) is 12.6. The van der Waals surface area contributed by atoms with E-state index >= 15 is 4.79 Å². The van der Waals surface area contributed by atoms with Gasteiger partial charge in [-0.1, -0.05) is 78.3 Å². The summed E-state index contributed by atoms with van der Waals surface area (Å²) in [6, 6.07) is 28.3. The van der Waals surface area contributed by atoms with Crippen LogP contribution in [0, 0.1) is 5.92 Å². The molecule has 0 radical (unpaired) electrons. The number of hydrogen-bond acceptors (Lipinski definition) is 6. The van der Waals surface area contributed by atoms with E-state index in [1.807, 2.05) is 36.4 Å². The maximum absolute atomic E-state index is 15.3. The van der Waals surface area contributed by atoms with Gasteiger partial charge in [0.1, 0.15) is 11.5 Å². The smallest absolute Gasteiger partial charge is 0.352 e. The van der Waals surface area contributed by atoms with E-state index in [-0.39, 0.29) is 18.7 Å². The Morgan fingerprint density at radius 1 is 0.833 bits per heavy atom. The van der Waals surface area contributed by atoms with Crippen molar-refractivity contribution < 1.29 is 19.4 Å². The number of nitrogens with zero attached hydrogens (tertiary/aromatic N) is 4. The largest absolute Gasteiger partial charge is 0.508 e. The topological polar surface area (TPSA) is 116 Å². The first-order valence-electron chi connectivity index (χ1n) is 15.5. The van der Waals surface area contributed by atoms with Gasteiger partial charge in [-0.2, -0.15) is 0 Å². The Morgan fingerprint density at radius 3 is 2.23 bits per heavy atom. The van der Waals surface area contributed by atoms with Crippen molar-refractivity contribution in [1.82, 2.24) is 13.9 Å². The third-order valence-electron chi connectivity index (χ3n) is 10.00. The number of methoxy groups -OCH3 is 1. The van der Waals surface area contributed by atoms with E-state index in [1.54, 1.807) is 66.7 Å². The Balaban J connectivity index is 1.45. The molecule has 240 valence electrons. The number of imide groups is 1. The second-order valence-electron chi connectivity index (χ2n) is 12.2. The lowest BCUT2D eigenvalue weighted by Crippen LogP contribution is -2.53. The molecule has 3 heterocycles. The highest BCUT2D eigenvalue weighted by Gasteiger charge is 2.69. The van der Waals surface area contributed by atoms with Crippen LogP contribution in [0.5, 0.6) is 11.5 Å². The van der Waals surface area contributed by atoms with Crippen molar-refractivity contribution in [1.29, 1.82) is 0 Å². The average molecular weight is 661 g/mol. The van der Waals surface area contributed by atoms with Gasteiger partial charge in [-0.3, -0.25) is 9.59 Å². The number of halogens is 1. The molecule has 0 bridgehead atoms. The van der Waals surface area contributed by atoms with E-state index in [9.17, 15) is 19.5 Å². The molecule has 1 saturated carbocycles. The Bertz CT molecular complexity index is 2270. The fraction of sp³-hybridized carbons (Fsp3) is 0.189. The number of aromatic nitrogens is 3. The summed E-state index contributed by atoms with van der Waals surface area (Å²) in [5.74, 6) is -2.77. The van der Waals surface area contributed by atoms with Gasteiger partial charge in [-0.05, 0) is 60.0 Å². The van der Waals surface area contributed by atoms with Crippen LogP contribution >= 0.6 is 11.6 Å². The van der Waals surface area contributed by atoms with Gasteiger partial charge in [-0.25, -0.2) is 28.4 Å². The number of allylic oxidation sites excluding steroid dienone is 2. The van der Waals surface area contributed by atoms with E-state index < -0.39 is 46.5 Å². The van der Waals surface area contributed by atoms with Crippen LogP contribution < -0.4 is 21.0 Å². The molecule has 0 unspecified atom stereocenters. The van der Waals surface area contributed by atoms with E-state index in [2.05, 4.69) is 0 Å². The minimum absolute atomic E-state index is 0.0296. The van der Waals surface area contributed by atoms with E-state index in [0.29, 0.717) is 38.8 Å². The molecule has 1 aliphatic carbocycles. The van der Waals surface area contributed by atoms with E-state index in [0.717, 1.165) is 4.57 Å². The molecule has 3 aliphatic rings. The summed E-state index contributed by atoms with van der Waals surface area (Å²) in [6.07, 6.45) is 1.88. The lowest BCUT2D eigenvalue weighted by molar-refractivity contribution is -0.124. The molecule has 48 heavy (non-hydrogen) atoms. The van der Waals surface area contributed by atoms with E-state index in [4.69, 9.17) is 16.3 Å². The molecule has 10 nitrogen and oxygen atoms in total. The highest BCUT2D eigenvalue weighted by molar-refractivity contribution is 6.32. The molecule has 4 atom stereocenters. The summed E-state index contributed by atoms with van der Waals surface area (Å²) in [5.41, 5.74) is -0.426. The Kier molecular flexibility index (Phi) is 6.81. The van der Waals surface area contributed by atoms with Gasteiger partial charge in [0.25, 0.3) is 0 Å². The molecule has 4 aromatic carbocycles. The first kappa shape index (κ1) is 29.8. The SMILES string of the molecule is COc1cccc(O)c1[C@H]1C2=CCn3c(=O)n(-c4ccccc4)c(=O)n3[C@@H]2C[C@H]2C(=O)N(c3cccc(Cl)c3)C(=O)[C@@]12c1ccccc1. The van der Waals surface area contributed by atoms with Gasteiger partial charge in [0, 0.05) is 16.5 Å². The average Bonchev–Trinajstić information content (AvgIpc) is 3.49. The number of phenolic OH excluding ortho intramolecular Hbond substituents is 1. The highest BCUT2D eigenvalue weighted by Crippen LogP contribution is 2.64. The zero-order valence-corrected chi connectivity index (χ0v) is 26.4. The molecule has 2 fully saturated rings. The molecule has 1 saturated heterocycles. The number of anilines is 1. The fourth-order valence-corrected chi connectivity index (χ4v) is 8.30. The van der Waals surface area contributed by atoms with Crippen molar-refractivity contribution in [2.45, 2.75) is 30.3 Å². The second kappa shape index (κ2) is 11.0. The van der Waals surface area contributed by atoms with Gasteiger partial charge in [0.15, 0.2) is 0 Å². The zero-order valence-electron chi connectivity index (χ0n) is 25.7. The van der Waals surface area contributed by atoms with Gasteiger partial charge in [0.2, 0.25) is 11.8 Å². The molecule has 0 spiro atoms. The third kappa shape index (κ3) is 3.99. The van der Waals surface area contributed by atoms with Gasteiger partial charge in [-0.15, -0.1) is 0 Å². The fourth-order valence-electron chi connectivity index (χ4n) is 8.12. The lowest BCUT2D eigenvalue weighted by atomic mass is 9.53. The quantitative estimate of drug-likeness (QED) is 0.210. The van der Waals surface area contributed by atoms with Crippen molar-refractivity contribution in [3.05, 3.63) is 152 Å². The van der Waals surface area contributed by atoms with Crippen molar-refractivity contribution in [2.24, 2.45) is 5.92 Å². The minimum atomic E-state index is -1.57. The third-order valence-corrected chi connectivity index (χ3v) is 10.2. The summed E-state index contributed by atoms with van der Waals surface area (Å²) in [4.78, 5) is 59.3. The number of rotatable bonds is 5. The van der Waals surface area contributed by atoms with E-state index in [1.165, 1.54) is 27.4 Å². The number of ether oxygens (including phenoxy) is 1. The Labute approximate surface area is 279 Å². The van der Waals surface area contributed by atoms with Crippen LogP contribution in [-0.2, 0) is 21.5 Å². The lowest BCUT2D eigenvalue weighted by Gasteiger charge is -2.49. The van der Waals surface area contributed by atoms with Gasteiger partial charge < -0.3 is 9.84 Å². The maximum atomic E-state index is 15.3. The number of carbonyl (C=O) groups is 2. The van der Waals surface area contributed by atoms with Crippen LogP contribution in [0.1, 0.15) is 29.5 Å². The number of hydrogen-bond donors (Lipinski definition) is 1. The number of fused-ring (bicyclic) bond motifs is 4. The Morgan fingerprint density at radius 2 is 1.52 bits per heavy atom. The highest BCUT2D eigenvalue weighted by atomic mass is 35.5. The molecule has 1 N–H and O–H groups in total. The van der Waals surface area contributed by atoms with Gasteiger partial charge in [0.05, 0.1) is 42.4 Å². The standard InChI is InChI=1S/C37H29ClN4O6/c1-48-30-17-9-16-29(43)31(30)32-26-18-19-39-35(46)41(24-13-6-3-7-14-24)36(47)42(39)28(26)21-27-33(44)40(25-15-8-12-23(38)20-25)34(45)37(27,32)22-10-4-2-5-11-22/h2-18,20,27-28,32,43H,19,21H2,1H3/t27-,28+,32+,37+/m0/s1. The van der Waals surface area contributed by atoms with Crippen LogP contribution in [0.25, 0.3) is 5.69 Å². The van der Waals surface area contributed by atoms with Crippen LogP contribution in [0.15, 0.2) is 124 Å². The Hall–Kier alpha value is -5.61. The molecule has 8 rings (SSSR count). The van der Waals surface area contributed by atoms with Crippen LogP contribution in [-0.4, -0.2) is 38.0 Å². The molecule has 11 heteroatoms. The molecular weight excluding hydrogens is 632 g/mol. The number of phenols is 1. The summed E-state index contributed by atoms with van der Waals surface area (Å²) < 4.78 is 9.70. The number of carbonyl (C=O) groups excluding carboxylic acids is 2. The van der Waals surface area contributed by atoms with Crippen molar-refractivity contribution in [3.8, 4) is 17.2 Å². The molecule has 1 aromatic heterocycles. The first-order chi connectivity index (χ1) is 23.3. The van der Waals surface area contributed by atoms with Crippen LogP contribution in [0.3, 0.4) is 0 Å². The van der Waals surface area contributed by atoms with Gasteiger partial charge >= 0.3 is 11.4 Å². The number of benzene rings is 4. The summed E-state index contributed by atoms with van der Waals surface area (Å²) >= 11 is 6.37. The summed E-state index contributed by atoms with van der Waals surface area (Å²) in [6.45, 7) is 0.0296. The monoisotopic (exact) mass is 660 g/mol. The van der Waals surface area contributed by atoms with Crippen LogP contribution in [0.2, 0.25) is 5.02 Å².